The summed E-state index contributed by atoms with van der Waals surface area (Å²) in [4.78, 5) is 1.93. The minimum atomic E-state index is -4.18. The first-order valence-electron chi connectivity index (χ1n) is 6.90. The molecule has 1 aromatic rings. The van der Waals surface area contributed by atoms with Gasteiger partial charge in [-0.3, -0.25) is 0 Å². The van der Waals surface area contributed by atoms with Crippen molar-refractivity contribution >= 4 is 5.69 Å². The van der Waals surface area contributed by atoms with Crippen LogP contribution in [0.5, 0.6) is 5.75 Å². The standard InChI is InChI=1S/C14H18F4N2O/c15-12-10-11(21-9-1-4-14(16,17)18)2-3-13(12)20-7-5-19-6-8-20/h2-3,10,19H,1,4-9H2. The fourth-order valence-corrected chi connectivity index (χ4v) is 2.20. The van der Waals surface area contributed by atoms with E-state index in [-0.39, 0.29) is 18.8 Å². The number of nitrogens with zero attached hydrogens (tertiary/aromatic N) is 1. The summed E-state index contributed by atoms with van der Waals surface area (Å²) >= 11 is 0. The molecule has 0 radical (unpaired) electrons. The molecule has 3 nitrogen and oxygen atoms in total. The van der Waals surface area contributed by atoms with E-state index in [2.05, 4.69) is 5.32 Å². The number of ether oxygens (including phenoxy) is 1. The summed E-state index contributed by atoms with van der Waals surface area (Å²) in [6.45, 7) is 2.97. The van der Waals surface area contributed by atoms with Crippen LogP contribution in [-0.2, 0) is 0 Å². The molecule has 1 N–H and O–H groups in total. The predicted octanol–water partition coefficient (Wildman–Crippen LogP) is 2.96. The van der Waals surface area contributed by atoms with E-state index >= 15 is 0 Å². The lowest BCUT2D eigenvalue weighted by molar-refractivity contribution is -0.136. The van der Waals surface area contributed by atoms with Gasteiger partial charge in [0.1, 0.15) is 11.6 Å². The molecule has 0 atom stereocenters. The van der Waals surface area contributed by atoms with E-state index in [9.17, 15) is 17.6 Å². The minimum absolute atomic E-state index is 0.0774. The van der Waals surface area contributed by atoms with Gasteiger partial charge < -0.3 is 15.0 Å². The lowest BCUT2D eigenvalue weighted by Crippen LogP contribution is -2.43. The number of nitrogens with one attached hydrogen (secondary N) is 1. The van der Waals surface area contributed by atoms with Crippen LogP contribution in [0.3, 0.4) is 0 Å². The Balaban J connectivity index is 1.86. The van der Waals surface area contributed by atoms with Crippen LogP contribution >= 0.6 is 0 Å². The number of anilines is 1. The second-order valence-electron chi connectivity index (χ2n) is 4.92. The van der Waals surface area contributed by atoms with E-state index in [0.29, 0.717) is 5.69 Å². The number of hydrogen-bond donors (Lipinski definition) is 1. The predicted molar refractivity (Wildman–Crippen MR) is 72.3 cm³/mol. The van der Waals surface area contributed by atoms with Gasteiger partial charge in [-0.05, 0) is 18.6 Å². The zero-order valence-electron chi connectivity index (χ0n) is 11.5. The average molecular weight is 306 g/mol. The van der Waals surface area contributed by atoms with Crippen LogP contribution in [0, 0.1) is 5.82 Å². The summed E-state index contributed by atoms with van der Waals surface area (Å²) < 4.78 is 55.1. The van der Waals surface area contributed by atoms with Crippen molar-refractivity contribution in [2.24, 2.45) is 0 Å². The molecule has 1 aromatic carbocycles. The number of halogens is 4. The summed E-state index contributed by atoms with van der Waals surface area (Å²) in [6, 6.07) is 4.43. The number of rotatable bonds is 5. The molecule has 0 aromatic heterocycles. The van der Waals surface area contributed by atoms with E-state index in [1.165, 1.54) is 6.07 Å². The van der Waals surface area contributed by atoms with Crippen molar-refractivity contribution in [3.8, 4) is 5.75 Å². The van der Waals surface area contributed by atoms with Gasteiger partial charge in [-0.25, -0.2) is 4.39 Å². The van der Waals surface area contributed by atoms with E-state index in [4.69, 9.17) is 4.74 Å². The van der Waals surface area contributed by atoms with Gasteiger partial charge in [0.05, 0.1) is 12.3 Å². The Bertz CT molecular complexity index is 459. The van der Waals surface area contributed by atoms with Gasteiger partial charge in [0, 0.05) is 38.7 Å². The number of hydrogen-bond acceptors (Lipinski definition) is 3. The first-order chi connectivity index (χ1) is 9.96. The third-order valence-corrected chi connectivity index (χ3v) is 3.25. The maximum absolute atomic E-state index is 14.0. The first kappa shape index (κ1) is 15.9. The number of alkyl halides is 3. The third kappa shape index (κ3) is 5.08. The molecule has 7 heteroatoms. The van der Waals surface area contributed by atoms with Crippen molar-refractivity contribution in [2.45, 2.75) is 19.0 Å². The molecule has 0 saturated carbocycles. The van der Waals surface area contributed by atoms with Crippen molar-refractivity contribution < 1.29 is 22.3 Å². The number of benzene rings is 1. The Morgan fingerprint density at radius 3 is 2.52 bits per heavy atom. The molecule has 118 valence electrons. The highest BCUT2D eigenvalue weighted by atomic mass is 19.4. The van der Waals surface area contributed by atoms with Crippen LogP contribution in [0.15, 0.2) is 18.2 Å². The average Bonchev–Trinajstić information content (AvgIpc) is 2.44. The van der Waals surface area contributed by atoms with Gasteiger partial charge in [0.25, 0.3) is 0 Å². The highest BCUT2D eigenvalue weighted by Gasteiger charge is 2.26. The molecule has 1 aliphatic heterocycles. The normalized spacial score (nSPS) is 16.1. The van der Waals surface area contributed by atoms with E-state index in [1.54, 1.807) is 12.1 Å². The SMILES string of the molecule is Fc1cc(OCCCC(F)(F)F)ccc1N1CCNCC1. The van der Waals surface area contributed by atoms with Crippen molar-refractivity contribution in [3.63, 3.8) is 0 Å². The van der Waals surface area contributed by atoms with Gasteiger partial charge in [0.2, 0.25) is 0 Å². The van der Waals surface area contributed by atoms with Crippen molar-refractivity contribution in [1.82, 2.24) is 5.32 Å². The lowest BCUT2D eigenvalue weighted by Gasteiger charge is -2.29. The monoisotopic (exact) mass is 306 g/mol. The first-order valence-corrected chi connectivity index (χ1v) is 6.90. The fourth-order valence-electron chi connectivity index (χ4n) is 2.20. The van der Waals surface area contributed by atoms with Crippen LogP contribution in [-0.4, -0.2) is 39.0 Å². The van der Waals surface area contributed by atoms with Crippen LogP contribution in [0.25, 0.3) is 0 Å². The zero-order valence-corrected chi connectivity index (χ0v) is 11.5. The Labute approximate surface area is 120 Å². The topological polar surface area (TPSA) is 24.5 Å². The van der Waals surface area contributed by atoms with E-state index in [0.717, 1.165) is 26.2 Å². The summed E-state index contributed by atoms with van der Waals surface area (Å²) in [7, 11) is 0. The smallest absolute Gasteiger partial charge is 0.389 e. The fraction of sp³-hybridized carbons (Fsp3) is 0.571. The van der Waals surface area contributed by atoms with E-state index in [1.807, 2.05) is 4.90 Å². The van der Waals surface area contributed by atoms with Gasteiger partial charge >= 0.3 is 6.18 Å². The molecule has 2 rings (SSSR count). The van der Waals surface area contributed by atoms with Crippen LogP contribution in [0.4, 0.5) is 23.2 Å². The summed E-state index contributed by atoms with van der Waals surface area (Å²) in [5.41, 5.74) is 0.499. The molecule has 0 spiro atoms. The minimum Gasteiger partial charge on any atom is -0.493 e. The van der Waals surface area contributed by atoms with Crippen molar-refractivity contribution in [3.05, 3.63) is 24.0 Å². The second-order valence-corrected chi connectivity index (χ2v) is 4.92. The Kier molecular flexibility index (Phi) is 5.27. The Morgan fingerprint density at radius 1 is 1.19 bits per heavy atom. The highest BCUT2D eigenvalue weighted by Crippen LogP contribution is 2.25. The van der Waals surface area contributed by atoms with Crippen LogP contribution in [0.2, 0.25) is 0 Å². The molecule has 1 heterocycles. The van der Waals surface area contributed by atoms with Crippen molar-refractivity contribution in [2.75, 3.05) is 37.7 Å². The molecule has 1 saturated heterocycles. The molecule has 0 amide bonds. The summed E-state index contributed by atoms with van der Waals surface area (Å²) in [6.07, 6.45) is -5.21. The molecule has 1 aliphatic rings. The van der Waals surface area contributed by atoms with Gasteiger partial charge in [0.15, 0.2) is 0 Å². The zero-order chi connectivity index (χ0) is 15.3. The van der Waals surface area contributed by atoms with Crippen LogP contribution < -0.4 is 15.0 Å². The molecule has 0 unspecified atom stereocenters. The van der Waals surface area contributed by atoms with Gasteiger partial charge in [-0.1, -0.05) is 0 Å². The van der Waals surface area contributed by atoms with Crippen LogP contribution in [0.1, 0.15) is 12.8 Å². The molecular weight excluding hydrogens is 288 g/mol. The van der Waals surface area contributed by atoms with Gasteiger partial charge in [-0.2, -0.15) is 13.2 Å². The largest absolute Gasteiger partial charge is 0.493 e. The second kappa shape index (κ2) is 6.98. The highest BCUT2D eigenvalue weighted by molar-refractivity contribution is 5.51. The summed E-state index contributed by atoms with van der Waals surface area (Å²) in [5.74, 6) is -0.154. The maximum Gasteiger partial charge on any atom is 0.389 e. The maximum atomic E-state index is 14.0. The lowest BCUT2D eigenvalue weighted by atomic mass is 10.2. The van der Waals surface area contributed by atoms with E-state index < -0.39 is 18.4 Å². The molecular formula is C14H18F4N2O. The molecule has 1 fully saturated rings. The summed E-state index contributed by atoms with van der Waals surface area (Å²) in [5, 5.41) is 3.18. The third-order valence-electron chi connectivity index (χ3n) is 3.25. The quantitative estimate of drug-likeness (QED) is 0.668. The number of piperazine rings is 1. The van der Waals surface area contributed by atoms with Crippen molar-refractivity contribution in [1.29, 1.82) is 0 Å². The van der Waals surface area contributed by atoms with Gasteiger partial charge in [-0.15, -0.1) is 0 Å². The molecule has 0 aliphatic carbocycles. The molecule has 0 bridgehead atoms. The Morgan fingerprint density at radius 2 is 1.90 bits per heavy atom. The Hall–Kier alpha value is -1.50. The molecule has 21 heavy (non-hydrogen) atoms.